The predicted molar refractivity (Wildman–Crippen MR) is 146 cm³/mol. The van der Waals surface area contributed by atoms with Crippen molar-refractivity contribution in [2.45, 2.75) is 19.5 Å². The number of carbonyl (C=O) groups is 2. The van der Waals surface area contributed by atoms with Crippen LogP contribution in [0, 0.1) is 0 Å². The van der Waals surface area contributed by atoms with E-state index in [0.29, 0.717) is 42.1 Å². The second kappa shape index (κ2) is 11.6. The highest BCUT2D eigenvalue weighted by Crippen LogP contribution is 2.34. The van der Waals surface area contributed by atoms with Crippen LogP contribution in [-0.2, 0) is 13.1 Å². The lowest BCUT2D eigenvalue weighted by Crippen LogP contribution is -2.32. The average molecular weight is 563 g/mol. The van der Waals surface area contributed by atoms with Crippen LogP contribution >= 0.6 is 0 Å². The largest absolute Gasteiger partial charge is 0.573 e. The van der Waals surface area contributed by atoms with E-state index in [4.69, 9.17) is 4.74 Å². The number of nitrogens with one attached hydrogen (secondary N) is 1. The summed E-state index contributed by atoms with van der Waals surface area (Å²) in [5.74, 6) is -1.08. The maximum Gasteiger partial charge on any atom is 0.573 e. The summed E-state index contributed by atoms with van der Waals surface area (Å²) in [6.45, 7) is 1.81. The molecule has 0 radical (unpaired) electrons. The Bertz CT molecular complexity index is 1550. The number of rotatable bonds is 8. The summed E-state index contributed by atoms with van der Waals surface area (Å²) < 4.78 is 46.7. The highest BCUT2D eigenvalue weighted by molar-refractivity contribution is 5.96. The lowest BCUT2D eigenvalue weighted by atomic mass is 9.98. The number of halogens is 3. The fraction of sp³-hybridized carbons (Fsp3) is 0.161. The molecular formula is C31H25F3N2O5. The molecule has 0 saturated carbocycles. The number of hydrogen-bond acceptors (Lipinski definition) is 5. The van der Waals surface area contributed by atoms with Gasteiger partial charge in [-0.1, -0.05) is 54.6 Å². The molecule has 0 fully saturated rings. The van der Waals surface area contributed by atoms with Crippen LogP contribution < -0.4 is 19.7 Å². The third-order valence-corrected chi connectivity index (χ3v) is 6.59. The first-order valence-electron chi connectivity index (χ1n) is 12.7. The number of hydrogen-bond donors (Lipinski definition) is 2. The van der Waals surface area contributed by atoms with Gasteiger partial charge < -0.3 is 24.8 Å². The van der Waals surface area contributed by atoms with Crippen LogP contribution in [0.5, 0.6) is 11.5 Å². The molecule has 0 aliphatic carbocycles. The summed E-state index contributed by atoms with van der Waals surface area (Å²) >= 11 is 0. The first-order chi connectivity index (χ1) is 19.7. The molecule has 7 nitrogen and oxygen atoms in total. The van der Waals surface area contributed by atoms with Gasteiger partial charge in [-0.25, -0.2) is 4.79 Å². The number of carboxylic acids is 1. The Morgan fingerprint density at radius 1 is 0.927 bits per heavy atom. The van der Waals surface area contributed by atoms with Gasteiger partial charge in [0.15, 0.2) is 0 Å². The number of fused-ring (bicyclic) bond motifs is 1. The van der Waals surface area contributed by atoms with Crippen LogP contribution in [0.4, 0.5) is 18.9 Å². The Hall–Kier alpha value is -4.99. The number of benzene rings is 4. The SMILES string of the molecule is O=C(NCc1ccc(OC(F)(F)F)cc1)c1ccc2c(c1)OCCN2Cc1ccc(-c2ccccc2C(=O)O)cc1. The van der Waals surface area contributed by atoms with Gasteiger partial charge in [0.2, 0.25) is 0 Å². The molecule has 5 rings (SSSR count). The van der Waals surface area contributed by atoms with Crippen molar-refractivity contribution in [2.24, 2.45) is 0 Å². The van der Waals surface area contributed by atoms with E-state index in [1.807, 2.05) is 36.4 Å². The van der Waals surface area contributed by atoms with Crippen molar-refractivity contribution in [3.05, 3.63) is 113 Å². The predicted octanol–water partition coefficient (Wildman–Crippen LogP) is 6.28. The number of carbonyl (C=O) groups excluding carboxylic acids is 1. The molecule has 1 aliphatic heterocycles. The van der Waals surface area contributed by atoms with Crippen LogP contribution in [-0.4, -0.2) is 36.5 Å². The lowest BCUT2D eigenvalue weighted by molar-refractivity contribution is -0.274. The zero-order chi connectivity index (χ0) is 29.0. The molecule has 1 heterocycles. The number of nitrogens with zero attached hydrogens (tertiary/aromatic N) is 1. The minimum atomic E-state index is -4.76. The number of amides is 1. The number of carboxylic acid groups (broad SMARTS) is 1. The number of anilines is 1. The van der Waals surface area contributed by atoms with Crippen LogP contribution in [0.2, 0.25) is 0 Å². The number of ether oxygens (including phenoxy) is 2. The van der Waals surface area contributed by atoms with E-state index >= 15 is 0 Å². The van der Waals surface area contributed by atoms with Crippen molar-refractivity contribution < 1.29 is 37.3 Å². The number of alkyl halides is 3. The van der Waals surface area contributed by atoms with Crippen LogP contribution in [0.1, 0.15) is 31.8 Å². The molecular weight excluding hydrogens is 537 g/mol. The van der Waals surface area contributed by atoms with E-state index in [2.05, 4.69) is 15.0 Å². The Kier molecular flexibility index (Phi) is 7.82. The molecule has 4 aromatic carbocycles. The summed E-state index contributed by atoms with van der Waals surface area (Å²) in [5, 5.41) is 12.3. The van der Waals surface area contributed by atoms with E-state index in [1.165, 1.54) is 24.3 Å². The van der Waals surface area contributed by atoms with Gasteiger partial charge in [0.1, 0.15) is 18.1 Å². The van der Waals surface area contributed by atoms with Crippen molar-refractivity contribution in [3.63, 3.8) is 0 Å². The highest BCUT2D eigenvalue weighted by atomic mass is 19.4. The van der Waals surface area contributed by atoms with E-state index in [-0.39, 0.29) is 23.8 Å². The van der Waals surface area contributed by atoms with E-state index in [9.17, 15) is 27.9 Å². The Balaban J connectivity index is 1.22. The zero-order valence-electron chi connectivity index (χ0n) is 21.6. The monoisotopic (exact) mass is 562 g/mol. The van der Waals surface area contributed by atoms with Crippen LogP contribution in [0.25, 0.3) is 11.1 Å². The van der Waals surface area contributed by atoms with Crippen LogP contribution in [0.15, 0.2) is 91.0 Å². The van der Waals surface area contributed by atoms with Gasteiger partial charge in [-0.05, 0) is 58.7 Å². The summed E-state index contributed by atoms with van der Waals surface area (Å²) in [6, 6.07) is 25.1. The van der Waals surface area contributed by atoms with Crippen molar-refractivity contribution in [3.8, 4) is 22.6 Å². The van der Waals surface area contributed by atoms with Gasteiger partial charge in [-0.3, -0.25) is 4.79 Å². The normalized spacial score (nSPS) is 12.7. The second-order valence-electron chi connectivity index (χ2n) is 9.37. The summed E-state index contributed by atoms with van der Waals surface area (Å²) in [4.78, 5) is 26.5. The molecule has 0 aromatic heterocycles. The fourth-order valence-corrected chi connectivity index (χ4v) is 4.61. The molecule has 10 heteroatoms. The van der Waals surface area contributed by atoms with Gasteiger partial charge in [0.05, 0.1) is 17.8 Å². The molecule has 41 heavy (non-hydrogen) atoms. The van der Waals surface area contributed by atoms with Gasteiger partial charge >= 0.3 is 12.3 Å². The molecule has 2 N–H and O–H groups in total. The molecule has 0 bridgehead atoms. The minimum Gasteiger partial charge on any atom is -0.490 e. The maximum atomic E-state index is 12.8. The molecule has 0 spiro atoms. The fourth-order valence-electron chi connectivity index (χ4n) is 4.61. The third-order valence-electron chi connectivity index (χ3n) is 6.59. The van der Waals surface area contributed by atoms with Gasteiger partial charge in [0.25, 0.3) is 5.91 Å². The summed E-state index contributed by atoms with van der Waals surface area (Å²) in [6.07, 6.45) is -4.76. The molecule has 210 valence electrons. The third kappa shape index (κ3) is 6.78. The molecule has 1 amide bonds. The van der Waals surface area contributed by atoms with Crippen molar-refractivity contribution >= 4 is 17.6 Å². The topological polar surface area (TPSA) is 88.1 Å². The quantitative estimate of drug-likeness (QED) is 0.263. The standard InChI is InChI=1S/C31H25F3N2O5/c32-31(33,34)41-24-12-7-20(8-13-24)18-35-29(37)23-11-14-27-28(17-23)40-16-15-36(27)19-21-5-9-22(10-6-21)25-3-1-2-4-26(25)30(38)39/h1-14,17H,15-16,18-19H2,(H,35,37)(H,38,39). The molecule has 0 atom stereocenters. The maximum absolute atomic E-state index is 12.8. The minimum absolute atomic E-state index is 0.127. The van der Waals surface area contributed by atoms with Crippen molar-refractivity contribution in [1.82, 2.24) is 5.32 Å². The molecule has 1 aliphatic rings. The highest BCUT2D eigenvalue weighted by Gasteiger charge is 2.31. The lowest BCUT2D eigenvalue weighted by Gasteiger charge is -2.31. The first-order valence-corrected chi connectivity index (χ1v) is 12.7. The van der Waals surface area contributed by atoms with Gasteiger partial charge in [-0.15, -0.1) is 13.2 Å². The Labute approximate surface area is 233 Å². The summed E-state index contributed by atoms with van der Waals surface area (Å²) in [7, 11) is 0. The molecule has 0 saturated heterocycles. The van der Waals surface area contributed by atoms with E-state index in [0.717, 1.165) is 16.8 Å². The average Bonchev–Trinajstić information content (AvgIpc) is 2.96. The van der Waals surface area contributed by atoms with Gasteiger partial charge in [-0.2, -0.15) is 0 Å². The van der Waals surface area contributed by atoms with Crippen LogP contribution in [0.3, 0.4) is 0 Å². The smallest absolute Gasteiger partial charge is 0.490 e. The second-order valence-corrected chi connectivity index (χ2v) is 9.37. The molecule has 0 unspecified atom stereocenters. The number of aromatic carboxylic acids is 1. The first kappa shape index (κ1) is 27.6. The zero-order valence-corrected chi connectivity index (χ0v) is 21.6. The van der Waals surface area contributed by atoms with Crippen molar-refractivity contribution in [2.75, 3.05) is 18.1 Å². The Morgan fingerprint density at radius 3 is 2.34 bits per heavy atom. The molecule has 4 aromatic rings. The Morgan fingerprint density at radius 2 is 1.63 bits per heavy atom. The van der Waals surface area contributed by atoms with Gasteiger partial charge in [0, 0.05) is 18.7 Å². The summed E-state index contributed by atoms with van der Waals surface area (Å²) in [5.41, 5.74) is 4.60. The van der Waals surface area contributed by atoms with E-state index < -0.39 is 12.3 Å². The van der Waals surface area contributed by atoms with Crippen molar-refractivity contribution in [1.29, 1.82) is 0 Å². The van der Waals surface area contributed by atoms with E-state index in [1.54, 1.807) is 30.3 Å².